The molecule has 6 nitrogen and oxygen atoms in total. The van der Waals surface area contributed by atoms with E-state index < -0.39 is 11.4 Å². The van der Waals surface area contributed by atoms with Gasteiger partial charge >= 0.3 is 11.5 Å². The van der Waals surface area contributed by atoms with Crippen molar-refractivity contribution in [1.82, 2.24) is 10.2 Å². The maximum atomic E-state index is 12.3. The first-order chi connectivity index (χ1) is 12.3. The lowest BCUT2D eigenvalue weighted by atomic mass is 10.2. The summed E-state index contributed by atoms with van der Waals surface area (Å²) in [7, 11) is 0. The number of benzene rings is 1. The Morgan fingerprint density at radius 2 is 1.92 bits per heavy atom. The fourth-order valence-corrected chi connectivity index (χ4v) is 3.70. The summed E-state index contributed by atoms with van der Waals surface area (Å²) in [4.78, 5) is 23.3. The third-order valence-electron chi connectivity index (χ3n) is 2.60. The topological polar surface area (TPSA) is 81.2 Å². The number of carbonyl (C=O) groups excluding carboxylic acids is 2. The van der Waals surface area contributed by atoms with Crippen LogP contribution in [0.1, 0.15) is 17.3 Å². The maximum absolute atomic E-state index is 12.3. The van der Waals surface area contributed by atoms with Crippen molar-refractivity contribution in [3.63, 3.8) is 0 Å². The molecule has 2 rings (SSSR count). The van der Waals surface area contributed by atoms with Gasteiger partial charge in [-0.1, -0.05) is 23.1 Å². The second kappa shape index (κ2) is 9.24. The van der Waals surface area contributed by atoms with Crippen molar-refractivity contribution in [2.75, 3.05) is 17.7 Å². The summed E-state index contributed by atoms with van der Waals surface area (Å²) in [5.41, 5.74) is -4.19. The minimum atomic E-state index is -4.38. The summed E-state index contributed by atoms with van der Waals surface area (Å²) in [6, 6.07) is 5.02. The van der Waals surface area contributed by atoms with E-state index in [0.29, 0.717) is 4.34 Å². The van der Waals surface area contributed by atoms with Crippen LogP contribution in [0.15, 0.2) is 33.5 Å². The van der Waals surface area contributed by atoms with Crippen molar-refractivity contribution in [2.45, 2.75) is 21.7 Å². The third-order valence-corrected chi connectivity index (χ3v) is 5.28. The molecule has 0 spiro atoms. The average Bonchev–Trinajstić information content (AvgIpc) is 3.00. The summed E-state index contributed by atoms with van der Waals surface area (Å²) < 4.78 is 42.1. The van der Waals surface area contributed by atoms with E-state index in [1.165, 1.54) is 24.3 Å². The van der Waals surface area contributed by atoms with Gasteiger partial charge in [-0.2, -0.15) is 13.2 Å². The third kappa shape index (κ3) is 6.84. The summed E-state index contributed by atoms with van der Waals surface area (Å²) in [6.07, 6.45) is 0. The summed E-state index contributed by atoms with van der Waals surface area (Å²) >= 11 is 1.95. The number of nitrogens with one attached hydrogen (secondary N) is 1. The number of esters is 1. The molecule has 0 aliphatic carbocycles. The van der Waals surface area contributed by atoms with Crippen LogP contribution < -0.4 is 5.32 Å². The molecule has 0 radical (unpaired) electrons. The molecule has 0 aliphatic heterocycles. The van der Waals surface area contributed by atoms with E-state index in [2.05, 4.69) is 15.5 Å². The van der Waals surface area contributed by atoms with Crippen LogP contribution in [-0.4, -0.2) is 39.9 Å². The van der Waals surface area contributed by atoms with Gasteiger partial charge in [-0.05, 0) is 43.0 Å². The molecule has 0 bridgehead atoms. The molecule has 0 saturated carbocycles. The SMILES string of the molecule is CCOC(=O)CSc1nnc(NC(=O)c2ccc(SC(F)(F)F)cc2)s1. The Bertz CT molecular complexity index is 766. The van der Waals surface area contributed by atoms with E-state index in [1.54, 1.807) is 6.92 Å². The molecular weight excluding hydrogens is 411 g/mol. The Morgan fingerprint density at radius 3 is 2.54 bits per heavy atom. The van der Waals surface area contributed by atoms with Crippen molar-refractivity contribution in [1.29, 1.82) is 0 Å². The summed E-state index contributed by atoms with van der Waals surface area (Å²) in [5, 5.41) is 10.3. The Kier molecular flexibility index (Phi) is 7.29. The van der Waals surface area contributed by atoms with E-state index in [4.69, 9.17) is 4.74 Å². The molecule has 140 valence electrons. The Hall–Kier alpha value is -1.79. The normalized spacial score (nSPS) is 11.2. The van der Waals surface area contributed by atoms with Gasteiger partial charge in [0.2, 0.25) is 5.13 Å². The second-order valence-corrected chi connectivity index (χ2v) is 7.83. The number of hydrogen-bond acceptors (Lipinski definition) is 8. The zero-order valence-electron chi connectivity index (χ0n) is 13.2. The van der Waals surface area contributed by atoms with Crippen LogP contribution in [0.25, 0.3) is 0 Å². The van der Waals surface area contributed by atoms with E-state index in [0.717, 1.165) is 23.1 Å². The van der Waals surface area contributed by atoms with Crippen LogP contribution in [0, 0.1) is 0 Å². The number of hydrogen-bond donors (Lipinski definition) is 1. The number of carbonyl (C=O) groups is 2. The van der Waals surface area contributed by atoms with Gasteiger partial charge in [0.15, 0.2) is 4.34 Å². The van der Waals surface area contributed by atoms with Gasteiger partial charge in [0, 0.05) is 10.5 Å². The minimum absolute atomic E-state index is 0.0115. The average molecular weight is 423 g/mol. The molecule has 1 N–H and O–H groups in total. The molecule has 0 unspecified atom stereocenters. The highest BCUT2D eigenvalue weighted by atomic mass is 32.2. The molecule has 12 heteroatoms. The Morgan fingerprint density at radius 1 is 1.23 bits per heavy atom. The van der Waals surface area contributed by atoms with Gasteiger partial charge in [0.1, 0.15) is 0 Å². The van der Waals surface area contributed by atoms with E-state index >= 15 is 0 Å². The van der Waals surface area contributed by atoms with Crippen molar-refractivity contribution < 1.29 is 27.5 Å². The number of aromatic nitrogens is 2. The highest BCUT2D eigenvalue weighted by Crippen LogP contribution is 2.36. The molecule has 1 aromatic heterocycles. The molecule has 0 saturated heterocycles. The number of anilines is 1. The van der Waals surface area contributed by atoms with Gasteiger partial charge in [-0.3, -0.25) is 14.9 Å². The minimum Gasteiger partial charge on any atom is -0.465 e. The largest absolute Gasteiger partial charge is 0.465 e. The highest BCUT2D eigenvalue weighted by molar-refractivity contribution is 8.01. The number of alkyl halides is 3. The second-order valence-electron chi connectivity index (χ2n) is 4.49. The standard InChI is InChI=1S/C14H12F3N3O3S3/c1-2-23-10(21)7-24-13-20-19-12(25-13)18-11(22)8-3-5-9(6-4-8)26-14(15,16)17/h3-6H,2,7H2,1H3,(H,18,19,22). The predicted molar refractivity (Wildman–Crippen MR) is 93.6 cm³/mol. The lowest BCUT2D eigenvalue weighted by Gasteiger charge is -2.06. The van der Waals surface area contributed by atoms with Gasteiger partial charge in [0.25, 0.3) is 5.91 Å². The summed E-state index contributed by atoms with van der Waals surface area (Å²) in [5.74, 6) is -0.823. The first kappa shape index (κ1) is 20.5. The fraction of sp³-hybridized carbons (Fsp3) is 0.286. The van der Waals surface area contributed by atoms with E-state index in [9.17, 15) is 22.8 Å². The molecule has 0 fully saturated rings. The molecule has 0 atom stereocenters. The number of thioether (sulfide) groups is 2. The van der Waals surface area contributed by atoms with Gasteiger partial charge < -0.3 is 4.74 Å². The number of ether oxygens (including phenoxy) is 1. The quantitative estimate of drug-likeness (QED) is 0.409. The monoisotopic (exact) mass is 423 g/mol. The van der Waals surface area contributed by atoms with E-state index in [-0.39, 0.29) is 45.7 Å². The van der Waals surface area contributed by atoms with Crippen LogP contribution >= 0.6 is 34.9 Å². The highest BCUT2D eigenvalue weighted by Gasteiger charge is 2.29. The Balaban J connectivity index is 1.90. The van der Waals surface area contributed by atoms with Crippen molar-refractivity contribution >= 4 is 51.9 Å². The van der Waals surface area contributed by atoms with Crippen LogP contribution in [0.4, 0.5) is 18.3 Å². The lowest BCUT2D eigenvalue weighted by Crippen LogP contribution is -2.11. The lowest BCUT2D eigenvalue weighted by molar-refractivity contribution is -0.139. The smallest absolute Gasteiger partial charge is 0.446 e. The number of amides is 1. The van der Waals surface area contributed by atoms with E-state index in [1.807, 2.05) is 0 Å². The zero-order chi connectivity index (χ0) is 19.2. The van der Waals surface area contributed by atoms with Crippen LogP contribution in [0.5, 0.6) is 0 Å². The predicted octanol–water partition coefficient (Wildman–Crippen LogP) is 4.06. The van der Waals surface area contributed by atoms with Gasteiger partial charge in [-0.15, -0.1) is 10.2 Å². The Labute approximate surface area is 158 Å². The molecule has 1 heterocycles. The van der Waals surface area contributed by atoms with Crippen molar-refractivity contribution in [3.05, 3.63) is 29.8 Å². The first-order valence-corrected chi connectivity index (χ1v) is 9.68. The molecule has 26 heavy (non-hydrogen) atoms. The maximum Gasteiger partial charge on any atom is 0.446 e. The van der Waals surface area contributed by atoms with Gasteiger partial charge in [-0.25, -0.2) is 0 Å². The molecule has 0 aliphatic rings. The molecular formula is C14H12F3N3O3S3. The molecule has 2 aromatic rings. The van der Waals surface area contributed by atoms with Crippen LogP contribution in [0.3, 0.4) is 0 Å². The molecule has 1 amide bonds. The van der Waals surface area contributed by atoms with Crippen LogP contribution in [0.2, 0.25) is 0 Å². The number of halogens is 3. The first-order valence-electron chi connectivity index (χ1n) is 7.06. The van der Waals surface area contributed by atoms with Crippen LogP contribution in [-0.2, 0) is 9.53 Å². The fourth-order valence-electron chi connectivity index (χ4n) is 1.62. The van der Waals surface area contributed by atoms with Crippen molar-refractivity contribution in [2.24, 2.45) is 0 Å². The number of nitrogens with zero attached hydrogens (tertiary/aromatic N) is 2. The zero-order valence-corrected chi connectivity index (χ0v) is 15.7. The summed E-state index contributed by atoms with van der Waals surface area (Å²) in [6.45, 7) is 1.99. The molecule has 1 aromatic carbocycles. The number of rotatable bonds is 7. The van der Waals surface area contributed by atoms with Crippen molar-refractivity contribution in [3.8, 4) is 0 Å². The van der Waals surface area contributed by atoms with Gasteiger partial charge in [0.05, 0.1) is 12.4 Å².